The summed E-state index contributed by atoms with van der Waals surface area (Å²) in [6.07, 6.45) is 4.61. The molecule has 33 heavy (non-hydrogen) atoms. The molecule has 0 aromatic heterocycles. The van der Waals surface area contributed by atoms with Gasteiger partial charge in [-0.2, -0.15) is 4.31 Å². The Morgan fingerprint density at radius 3 is 2.21 bits per heavy atom. The van der Waals surface area contributed by atoms with Crippen molar-refractivity contribution in [2.24, 2.45) is 0 Å². The number of carbonyl (C=O) groups is 3. The van der Waals surface area contributed by atoms with Gasteiger partial charge in [0.15, 0.2) is 0 Å². The molecule has 3 rings (SSSR count). The first-order valence-electron chi connectivity index (χ1n) is 10.5. The van der Waals surface area contributed by atoms with Crippen LogP contribution in [0.25, 0.3) is 6.08 Å². The molecule has 10 heteroatoms. The van der Waals surface area contributed by atoms with Crippen LogP contribution in [0.15, 0.2) is 65.6 Å². The van der Waals surface area contributed by atoms with Gasteiger partial charge in [-0.1, -0.05) is 30.3 Å². The standard InChI is InChI=1S/C23H26N4O5S/c1-17(24-21(28)14-9-18-7-3-2-4-8-18)22(29)25-26-23(30)19-10-12-20(13-11-19)33(31,32)27-15-5-6-16-27/h2-4,7-14,17H,5-6,15-16H2,1H3,(H,24,28)(H,25,29)(H,26,30)/b14-9+. The fourth-order valence-corrected chi connectivity index (χ4v) is 4.73. The number of hydrogen-bond acceptors (Lipinski definition) is 5. The van der Waals surface area contributed by atoms with Crippen molar-refractivity contribution >= 4 is 33.8 Å². The average molecular weight is 471 g/mol. The Labute approximate surface area is 192 Å². The van der Waals surface area contributed by atoms with Crippen molar-refractivity contribution in [2.75, 3.05) is 13.1 Å². The summed E-state index contributed by atoms with van der Waals surface area (Å²) in [5.74, 6) is -1.68. The topological polar surface area (TPSA) is 125 Å². The van der Waals surface area contributed by atoms with Crippen LogP contribution in [0, 0.1) is 0 Å². The van der Waals surface area contributed by atoms with Crippen LogP contribution in [0.4, 0.5) is 0 Å². The zero-order valence-electron chi connectivity index (χ0n) is 18.2. The van der Waals surface area contributed by atoms with E-state index in [1.807, 2.05) is 30.3 Å². The molecular weight excluding hydrogens is 444 g/mol. The average Bonchev–Trinajstić information content (AvgIpc) is 3.38. The SMILES string of the molecule is CC(NC(=O)/C=C/c1ccccc1)C(=O)NNC(=O)c1ccc(S(=O)(=O)N2CCCC2)cc1. The van der Waals surface area contributed by atoms with Gasteiger partial charge in [-0.05, 0) is 55.7 Å². The highest BCUT2D eigenvalue weighted by atomic mass is 32.2. The van der Waals surface area contributed by atoms with Crippen molar-refractivity contribution in [1.29, 1.82) is 0 Å². The molecule has 0 spiro atoms. The number of benzene rings is 2. The van der Waals surface area contributed by atoms with Gasteiger partial charge in [0.05, 0.1) is 4.90 Å². The third-order valence-corrected chi connectivity index (χ3v) is 7.01. The first-order chi connectivity index (χ1) is 15.8. The minimum absolute atomic E-state index is 0.116. The lowest BCUT2D eigenvalue weighted by Gasteiger charge is -2.16. The van der Waals surface area contributed by atoms with Crippen molar-refractivity contribution in [3.63, 3.8) is 0 Å². The highest BCUT2D eigenvalue weighted by Crippen LogP contribution is 2.21. The Morgan fingerprint density at radius 2 is 1.58 bits per heavy atom. The molecule has 1 aliphatic heterocycles. The second-order valence-corrected chi connectivity index (χ2v) is 9.49. The molecular formula is C23H26N4O5S. The Bertz CT molecular complexity index is 1130. The highest BCUT2D eigenvalue weighted by Gasteiger charge is 2.27. The quantitative estimate of drug-likeness (QED) is 0.417. The minimum Gasteiger partial charge on any atom is -0.341 e. The number of carbonyl (C=O) groups excluding carboxylic acids is 3. The van der Waals surface area contributed by atoms with Crippen LogP contribution >= 0.6 is 0 Å². The predicted octanol–water partition coefficient (Wildman–Crippen LogP) is 1.45. The first-order valence-corrected chi connectivity index (χ1v) is 12.0. The number of rotatable bonds is 7. The van der Waals surface area contributed by atoms with E-state index in [2.05, 4.69) is 16.2 Å². The van der Waals surface area contributed by atoms with E-state index in [0.29, 0.717) is 13.1 Å². The summed E-state index contributed by atoms with van der Waals surface area (Å²) in [6, 6.07) is 13.8. The van der Waals surface area contributed by atoms with Crippen molar-refractivity contribution in [2.45, 2.75) is 30.7 Å². The van der Waals surface area contributed by atoms with E-state index in [9.17, 15) is 22.8 Å². The molecule has 0 saturated carbocycles. The molecule has 174 valence electrons. The van der Waals surface area contributed by atoms with Gasteiger partial charge in [0.1, 0.15) is 6.04 Å². The minimum atomic E-state index is -3.57. The molecule has 3 N–H and O–H groups in total. The van der Waals surface area contributed by atoms with Gasteiger partial charge in [0, 0.05) is 24.7 Å². The summed E-state index contributed by atoms with van der Waals surface area (Å²) in [5, 5.41) is 2.50. The molecule has 0 aliphatic carbocycles. The van der Waals surface area contributed by atoms with E-state index in [4.69, 9.17) is 0 Å². The maximum absolute atomic E-state index is 12.5. The Hall–Kier alpha value is -3.50. The maximum Gasteiger partial charge on any atom is 0.269 e. The Kier molecular flexibility index (Phi) is 7.96. The normalized spacial score (nSPS) is 15.2. The number of hydrogen-bond donors (Lipinski definition) is 3. The lowest BCUT2D eigenvalue weighted by atomic mass is 10.2. The second-order valence-electron chi connectivity index (χ2n) is 7.55. The zero-order valence-corrected chi connectivity index (χ0v) is 19.0. The van der Waals surface area contributed by atoms with Crippen LogP contribution in [0.2, 0.25) is 0 Å². The van der Waals surface area contributed by atoms with Crippen LogP contribution < -0.4 is 16.2 Å². The van der Waals surface area contributed by atoms with Crippen LogP contribution in [0.1, 0.15) is 35.7 Å². The molecule has 1 atom stereocenters. The number of hydrazine groups is 1. The number of sulfonamides is 1. The molecule has 3 amide bonds. The van der Waals surface area contributed by atoms with Crippen LogP contribution in [0.3, 0.4) is 0 Å². The van der Waals surface area contributed by atoms with Crippen LogP contribution in [0.5, 0.6) is 0 Å². The molecule has 1 saturated heterocycles. The molecule has 2 aromatic rings. The van der Waals surface area contributed by atoms with Crippen molar-refractivity contribution in [3.05, 3.63) is 71.8 Å². The molecule has 0 bridgehead atoms. The van der Waals surface area contributed by atoms with E-state index in [1.54, 1.807) is 6.08 Å². The molecule has 1 fully saturated rings. The van der Waals surface area contributed by atoms with Gasteiger partial charge in [0.2, 0.25) is 15.9 Å². The molecule has 0 radical (unpaired) electrons. The fraction of sp³-hybridized carbons (Fsp3) is 0.261. The van der Waals surface area contributed by atoms with Crippen molar-refractivity contribution in [3.8, 4) is 0 Å². The summed E-state index contributed by atoms with van der Waals surface area (Å²) in [4.78, 5) is 36.6. The van der Waals surface area contributed by atoms with Crippen LogP contribution in [-0.4, -0.2) is 49.6 Å². The second kappa shape index (κ2) is 10.9. The van der Waals surface area contributed by atoms with Gasteiger partial charge in [0.25, 0.3) is 11.8 Å². The molecule has 2 aromatic carbocycles. The van der Waals surface area contributed by atoms with E-state index in [-0.39, 0.29) is 10.5 Å². The highest BCUT2D eigenvalue weighted by molar-refractivity contribution is 7.89. The number of nitrogens with one attached hydrogen (secondary N) is 3. The summed E-state index contributed by atoms with van der Waals surface area (Å²) in [7, 11) is -3.57. The van der Waals surface area contributed by atoms with Gasteiger partial charge < -0.3 is 5.32 Å². The monoisotopic (exact) mass is 470 g/mol. The Morgan fingerprint density at radius 1 is 0.939 bits per heavy atom. The lowest BCUT2D eigenvalue weighted by molar-refractivity contribution is -0.127. The van der Waals surface area contributed by atoms with E-state index < -0.39 is 33.8 Å². The van der Waals surface area contributed by atoms with Gasteiger partial charge in [-0.15, -0.1) is 0 Å². The summed E-state index contributed by atoms with van der Waals surface area (Å²) in [5.41, 5.74) is 5.52. The largest absolute Gasteiger partial charge is 0.341 e. The molecule has 1 aliphatic rings. The van der Waals surface area contributed by atoms with Gasteiger partial charge in [-0.3, -0.25) is 25.2 Å². The van der Waals surface area contributed by atoms with E-state index in [0.717, 1.165) is 18.4 Å². The smallest absolute Gasteiger partial charge is 0.269 e. The van der Waals surface area contributed by atoms with Crippen molar-refractivity contribution in [1.82, 2.24) is 20.5 Å². The maximum atomic E-state index is 12.5. The van der Waals surface area contributed by atoms with Crippen molar-refractivity contribution < 1.29 is 22.8 Å². The van der Waals surface area contributed by atoms with Gasteiger partial charge >= 0.3 is 0 Å². The van der Waals surface area contributed by atoms with E-state index in [1.165, 1.54) is 41.6 Å². The molecule has 1 heterocycles. The number of nitrogens with zero attached hydrogens (tertiary/aromatic N) is 1. The van der Waals surface area contributed by atoms with Crippen LogP contribution in [-0.2, 0) is 19.6 Å². The van der Waals surface area contributed by atoms with Gasteiger partial charge in [-0.25, -0.2) is 8.42 Å². The fourth-order valence-electron chi connectivity index (χ4n) is 3.22. The summed E-state index contributed by atoms with van der Waals surface area (Å²) < 4.78 is 26.5. The summed E-state index contributed by atoms with van der Waals surface area (Å²) in [6.45, 7) is 2.47. The third-order valence-electron chi connectivity index (χ3n) is 5.10. The lowest BCUT2D eigenvalue weighted by Crippen LogP contribution is -2.50. The zero-order chi connectivity index (χ0) is 23.8. The first kappa shape index (κ1) is 24.1. The molecule has 9 nitrogen and oxygen atoms in total. The molecule has 1 unspecified atom stereocenters. The summed E-state index contributed by atoms with van der Waals surface area (Å²) >= 11 is 0. The Balaban J connectivity index is 1.48. The van der Waals surface area contributed by atoms with E-state index >= 15 is 0 Å². The third kappa shape index (κ3) is 6.50. The predicted molar refractivity (Wildman–Crippen MR) is 123 cm³/mol. The number of amides is 3.